The Balaban J connectivity index is 1.80. The summed E-state index contributed by atoms with van der Waals surface area (Å²) in [5.74, 6) is 0.0814. The van der Waals surface area contributed by atoms with E-state index >= 15 is 0 Å². The van der Waals surface area contributed by atoms with Crippen molar-refractivity contribution in [2.24, 2.45) is 0 Å². The standard InChI is InChI=1S/C22H24N4O2/c1-25(2)17-10-6-15(7-11-17)20-19-5-3-4-14-23-21(19)26(24-20)18-12-8-16(9-13-18)22(27)28/h6-13,23H,3-5,14H2,1-2H3,(H,27,28). The van der Waals surface area contributed by atoms with Crippen LogP contribution >= 0.6 is 0 Å². The maximum Gasteiger partial charge on any atom is 0.335 e. The summed E-state index contributed by atoms with van der Waals surface area (Å²) in [6.07, 6.45) is 3.21. The van der Waals surface area contributed by atoms with E-state index in [2.05, 4.69) is 34.5 Å². The molecule has 2 aromatic carbocycles. The highest BCUT2D eigenvalue weighted by molar-refractivity contribution is 5.87. The molecule has 6 heteroatoms. The molecule has 0 saturated heterocycles. The molecule has 0 unspecified atom stereocenters. The average molecular weight is 376 g/mol. The van der Waals surface area contributed by atoms with Crippen LogP contribution in [0.5, 0.6) is 0 Å². The largest absolute Gasteiger partial charge is 0.478 e. The van der Waals surface area contributed by atoms with Crippen LogP contribution in [0.3, 0.4) is 0 Å². The zero-order chi connectivity index (χ0) is 19.7. The molecule has 0 aliphatic carbocycles. The fraction of sp³-hybridized carbons (Fsp3) is 0.273. The van der Waals surface area contributed by atoms with Gasteiger partial charge in [0.15, 0.2) is 0 Å². The predicted octanol–water partition coefficient (Wildman–Crippen LogP) is 4.05. The highest BCUT2D eigenvalue weighted by atomic mass is 16.4. The monoisotopic (exact) mass is 376 g/mol. The number of hydrogen-bond acceptors (Lipinski definition) is 4. The van der Waals surface area contributed by atoms with Crippen LogP contribution in [0.2, 0.25) is 0 Å². The summed E-state index contributed by atoms with van der Waals surface area (Å²) in [6, 6.07) is 15.3. The molecule has 1 aromatic heterocycles. The number of carboxylic acid groups (broad SMARTS) is 1. The Hall–Kier alpha value is -3.28. The molecular weight excluding hydrogens is 352 g/mol. The molecule has 1 aliphatic rings. The molecule has 144 valence electrons. The van der Waals surface area contributed by atoms with Crippen LogP contribution < -0.4 is 10.2 Å². The fourth-order valence-electron chi connectivity index (χ4n) is 3.58. The lowest BCUT2D eigenvalue weighted by Crippen LogP contribution is -2.08. The molecule has 0 bridgehead atoms. The van der Waals surface area contributed by atoms with E-state index < -0.39 is 5.97 Å². The molecule has 1 aliphatic heterocycles. The van der Waals surface area contributed by atoms with Crippen molar-refractivity contribution in [2.75, 3.05) is 30.9 Å². The Bertz CT molecular complexity index is 989. The molecule has 2 N–H and O–H groups in total. The molecule has 0 amide bonds. The van der Waals surface area contributed by atoms with Crippen LogP contribution in [0.15, 0.2) is 48.5 Å². The summed E-state index contributed by atoms with van der Waals surface area (Å²) in [5, 5.41) is 17.6. The van der Waals surface area contributed by atoms with E-state index in [1.807, 2.05) is 30.9 Å². The smallest absolute Gasteiger partial charge is 0.335 e. The van der Waals surface area contributed by atoms with E-state index in [0.29, 0.717) is 0 Å². The van der Waals surface area contributed by atoms with Crippen molar-refractivity contribution in [1.82, 2.24) is 9.78 Å². The third-order valence-corrected chi connectivity index (χ3v) is 5.15. The topological polar surface area (TPSA) is 70.4 Å². The van der Waals surface area contributed by atoms with Crippen molar-refractivity contribution in [3.63, 3.8) is 0 Å². The summed E-state index contributed by atoms with van der Waals surface area (Å²) in [6.45, 7) is 0.908. The van der Waals surface area contributed by atoms with E-state index in [4.69, 9.17) is 10.2 Å². The Morgan fingerprint density at radius 3 is 2.43 bits per heavy atom. The lowest BCUT2D eigenvalue weighted by atomic mass is 10.0. The Morgan fingerprint density at radius 1 is 1.07 bits per heavy atom. The minimum absolute atomic E-state index is 0.273. The number of hydrogen-bond donors (Lipinski definition) is 2. The summed E-state index contributed by atoms with van der Waals surface area (Å²) in [4.78, 5) is 13.2. The molecule has 3 aromatic rings. The molecule has 4 rings (SSSR count). The van der Waals surface area contributed by atoms with Gasteiger partial charge in [-0.1, -0.05) is 12.1 Å². The highest BCUT2D eigenvalue weighted by Crippen LogP contribution is 2.34. The van der Waals surface area contributed by atoms with Gasteiger partial charge in [-0.15, -0.1) is 0 Å². The molecule has 6 nitrogen and oxygen atoms in total. The third kappa shape index (κ3) is 3.33. The maximum atomic E-state index is 11.2. The van der Waals surface area contributed by atoms with Crippen molar-refractivity contribution in [3.05, 3.63) is 59.7 Å². The predicted molar refractivity (Wildman–Crippen MR) is 112 cm³/mol. The highest BCUT2D eigenvalue weighted by Gasteiger charge is 2.21. The minimum Gasteiger partial charge on any atom is -0.478 e. The molecule has 0 fully saturated rings. The summed E-state index contributed by atoms with van der Waals surface area (Å²) < 4.78 is 1.90. The first kappa shape index (κ1) is 18.1. The normalized spacial score (nSPS) is 13.4. The van der Waals surface area contributed by atoms with Crippen LogP contribution in [0.1, 0.15) is 28.8 Å². The number of benzene rings is 2. The van der Waals surface area contributed by atoms with Gasteiger partial charge in [-0.3, -0.25) is 0 Å². The number of rotatable bonds is 4. The first-order chi connectivity index (χ1) is 13.5. The minimum atomic E-state index is -0.925. The average Bonchev–Trinajstić information content (AvgIpc) is 2.89. The van der Waals surface area contributed by atoms with E-state index in [0.717, 1.165) is 54.3 Å². The molecule has 0 saturated carbocycles. The number of carbonyl (C=O) groups is 1. The first-order valence-corrected chi connectivity index (χ1v) is 9.52. The number of anilines is 2. The number of aromatic nitrogens is 2. The van der Waals surface area contributed by atoms with Gasteiger partial charge in [0.05, 0.1) is 16.9 Å². The Kier molecular flexibility index (Phi) is 4.77. The lowest BCUT2D eigenvalue weighted by Gasteiger charge is -2.12. The van der Waals surface area contributed by atoms with Gasteiger partial charge in [0.25, 0.3) is 0 Å². The first-order valence-electron chi connectivity index (χ1n) is 9.52. The van der Waals surface area contributed by atoms with Gasteiger partial charge in [-0.25, -0.2) is 9.48 Å². The van der Waals surface area contributed by atoms with Crippen LogP contribution in [0.4, 0.5) is 11.5 Å². The van der Waals surface area contributed by atoms with E-state index in [1.165, 1.54) is 5.56 Å². The van der Waals surface area contributed by atoms with Gasteiger partial charge in [-0.05, 0) is 55.7 Å². The zero-order valence-corrected chi connectivity index (χ0v) is 16.1. The molecular formula is C22H24N4O2. The lowest BCUT2D eigenvalue weighted by molar-refractivity contribution is 0.0697. The summed E-state index contributed by atoms with van der Waals surface area (Å²) in [5.41, 5.74) is 5.57. The van der Waals surface area contributed by atoms with Gasteiger partial charge in [-0.2, -0.15) is 5.10 Å². The van der Waals surface area contributed by atoms with Crippen LogP contribution in [0.25, 0.3) is 16.9 Å². The second kappa shape index (κ2) is 7.38. The molecule has 0 spiro atoms. The van der Waals surface area contributed by atoms with Crippen LogP contribution in [-0.2, 0) is 6.42 Å². The number of nitrogens with zero attached hydrogens (tertiary/aromatic N) is 3. The quantitative estimate of drug-likeness (QED) is 0.719. The Morgan fingerprint density at radius 2 is 1.79 bits per heavy atom. The maximum absolute atomic E-state index is 11.2. The van der Waals surface area contributed by atoms with Gasteiger partial charge in [0, 0.05) is 37.5 Å². The van der Waals surface area contributed by atoms with Crippen molar-refractivity contribution in [1.29, 1.82) is 0 Å². The van der Waals surface area contributed by atoms with E-state index in [9.17, 15) is 4.79 Å². The molecule has 0 radical (unpaired) electrons. The fourth-order valence-corrected chi connectivity index (χ4v) is 3.58. The van der Waals surface area contributed by atoms with Crippen molar-refractivity contribution >= 4 is 17.5 Å². The SMILES string of the molecule is CN(C)c1ccc(-c2nn(-c3ccc(C(=O)O)cc3)c3c2CCCCN3)cc1. The van der Waals surface area contributed by atoms with Crippen molar-refractivity contribution < 1.29 is 9.90 Å². The van der Waals surface area contributed by atoms with Crippen molar-refractivity contribution in [3.8, 4) is 16.9 Å². The number of nitrogens with one attached hydrogen (secondary N) is 1. The zero-order valence-electron chi connectivity index (χ0n) is 16.1. The van der Waals surface area contributed by atoms with Gasteiger partial charge in [0.1, 0.15) is 5.82 Å². The number of aromatic carboxylic acids is 1. The molecule has 28 heavy (non-hydrogen) atoms. The molecule has 2 heterocycles. The van der Waals surface area contributed by atoms with Crippen molar-refractivity contribution in [2.45, 2.75) is 19.3 Å². The third-order valence-electron chi connectivity index (χ3n) is 5.15. The number of carboxylic acids is 1. The van der Waals surface area contributed by atoms with Gasteiger partial charge >= 0.3 is 5.97 Å². The van der Waals surface area contributed by atoms with E-state index in [1.54, 1.807) is 12.1 Å². The Labute approximate surface area is 164 Å². The van der Waals surface area contributed by atoms with E-state index in [-0.39, 0.29) is 5.56 Å². The summed E-state index contributed by atoms with van der Waals surface area (Å²) in [7, 11) is 4.06. The van der Waals surface area contributed by atoms with Gasteiger partial charge in [0.2, 0.25) is 0 Å². The van der Waals surface area contributed by atoms with Crippen LogP contribution in [0, 0.1) is 0 Å². The van der Waals surface area contributed by atoms with Crippen LogP contribution in [-0.4, -0.2) is 41.5 Å². The van der Waals surface area contributed by atoms with Gasteiger partial charge < -0.3 is 15.3 Å². The molecule has 0 atom stereocenters. The summed E-state index contributed by atoms with van der Waals surface area (Å²) >= 11 is 0. The second-order valence-electron chi connectivity index (χ2n) is 7.26. The second-order valence-corrected chi connectivity index (χ2v) is 7.26. The number of fused-ring (bicyclic) bond motifs is 1.